The molecule has 0 atom stereocenters. The molecule has 112 valence electrons. The number of imidazole rings is 1. The molecule has 0 aliphatic carbocycles. The van der Waals surface area contributed by atoms with E-state index >= 15 is 0 Å². The summed E-state index contributed by atoms with van der Waals surface area (Å²) in [5.41, 5.74) is 0. The van der Waals surface area contributed by atoms with Gasteiger partial charge in [0.05, 0.1) is 19.3 Å². The Bertz CT molecular complexity index is 455. The van der Waals surface area contributed by atoms with E-state index in [1.165, 1.54) is 0 Å². The van der Waals surface area contributed by atoms with Crippen LogP contribution in [0.4, 0.5) is 4.79 Å². The van der Waals surface area contributed by atoms with Crippen molar-refractivity contribution in [2.45, 2.75) is 32.4 Å². The number of hydrogen-bond donors (Lipinski definition) is 1. The summed E-state index contributed by atoms with van der Waals surface area (Å²) in [4.78, 5) is 17.6. The second kappa shape index (κ2) is 6.95. The van der Waals surface area contributed by atoms with Gasteiger partial charge in [-0.2, -0.15) is 0 Å². The number of aromatic nitrogens is 2. The van der Waals surface area contributed by atoms with Crippen molar-refractivity contribution < 1.29 is 9.53 Å². The average molecular weight is 301 g/mol. The van der Waals surface area contributed by atoms with E-state index in [1.54, 1.807) is 11.1 Å². The largest absolute Gasteiger partial charge is 0.450 e. The Morgan fingerprint density at radius 1 is 1.55 bits per heavy atom. The van der Waals surface area contributed by atoms with E-state index in [4.69, 9.17) is 16.3 Å². The van der Waals surface area contributed by atoms with Gasteiger partial charge in [-0.25, -0.2) is 9.78 Å². The molecule has 1 fully saturated rings. The van der Waals surface area contributed by atoms with E-state index < -0.39 is 0 Å². The second-order valence-electron chi connectivity index (χ2n) is 4.90. The fourth-order valence-electron chi connectivity index (χ4n) is 2.31. The maximum Gasteiger partial charge on any atom is 0.409 e. The summed E-state index contributed by atoms with van der Waals surface area (Å²) in [7, 11) is 1.90. The third-order valence-electron chi connectivity index (χ3n) is 3.60. The smallest absolute Gasteiger partial charge is 0.409 e. The van der Waals surface area contributed by atoms with Crippen molar-refractivity contribution in [1.29, 1.82) is 0 Å². The van der Waals surface area contributed by atoms with E-state index in [9.17, 15) is 4.79 Å². The van der Waals surface area contributed by atoms with Crippen LogP contribution in [0.5, 0.6) is 0 Å². The van der Waals surface area contributed by atoms with Crippen LogP contribution in [-0.4, -0.2) is 46.3 Å². The number of ether oxygens (including phenoxy) is 1. The molecule has 1 aliphatic heterocycles. The normalized spacial score (nSPS) is 16.4. The van der Waals surface area contributed by atoms with Crippen molar-refractivity contribution in [3.63, 3.8) is 0 Å². The maximum absolute atomic E-state index is 11.6. The van der Waals surface area contributed by atoms with Crippen molar-refractivity contribution in [1.82, 2.24) is 19.8 Å². The summed E-state index contributed by atoms with van der Waals surface area (Å²) >= 11 is 5.95. The van der Waals surface area contributed by atoms with Gasteiger partial charge in [0.25, 0.3) is 0 Å². The zero-order chi connectivity index (χ0) is 14.5. The number of piperidine rings is 1. The van der Waals surface area contributed by atoms with E-state index in [-0.39, 0.29) is 6.09 Å². The van der Waals surface area contributed by atoms with Crippen molar-refractivity contribution in [3.05, 3.63) is 17.2 Å². The predicted octanol–water partition coefficient (Wildman–Crippen LogP) is 1.78. The average Bonchev–Trinajstić information content (AvgIpc) is 2.77. The third-order valence-corrected chi connectivity index (χ3v) is 3.95. The molecule has 20 heavy (non-hydrogen) atoms. The molecule has 1 N–H and O–H groups in total. The van der Waals surface area contributed by atoms with Gasteiger partial charge >= 0.3 is 6.09 Å². The lowest BCUT2D eigenvalue weighted by atomic mass is 10.1. The standard InChI is InChI=1S/C13H21ClN4O2/c1-3-20-13(19)18-6-4-10(5-7-18)15-9-12-16-8-11(14)17(12)2/h8,10,15H,3-7,9H2,1-2H3. The quantitative estimate of drug-likeness (QED) is 0.921. The Morgan fingerprint density at radius 3 is 2.80 bits per heavy atom. The number of rotatable bonds is 4. The molecule has 0 spiro atoms. The highest BCUT2D eigenvalue weighted by Gasteiger charge is 2.23. The lowest BCUT2D eigenvalue weighted by Crippen LogP contribution is -2.45. The van der Waals surface area contributed by atoms with E-state index in [1.807, 2.05) is 18.5 Å². The molecule has 1 saturated heterocycles. The fraction of sp³-hybridized carbons (Fsp3) is 0.692. The summed E-state index contributed by atoms with van der Waals surface area (Å²) in [5, 5.41) is 4.10. The predicted molar refractivity (Wildman–Crippen MR) is 76.7 cm³/mol. The van der Waals surface area contributed by atoms with Crippen LogP contribution >= 0.6 is 11.6 Å². The van der Waals surface area contributed by atoms with E-state index in [0.717, 1.165) is 31.8 Å². The number of hydrogen-bond acceptors (Lipinski definition) is 4. The molecule has 1 aromatic rings. The van der Waals surface area contributed by atoms with Crippen LogP contribution in [0.2, 0.25) is 5.15 Å². The molecular formula is C13H21ClN4O2. The van der Waals surface area contributed by atoms with Gasteiger partial charge < -0.3 is 19.5 Å². The van der Waals surface area contributed by atoms with Crippen LogP contribution in [0, 0.1) is 0 Å². The summed E-state index contributed by atoms with van der Waals surface area (Å²) in [6.45, 7) is 4.41. The maximum atomic E-state index is 11.6. The summed E-state index contributed by atoms with van der Waals surface area (Å²) < 4.78 is 6.87. The van der Waals surface area contributed by atoms with Gasteiger partial charge in [-0.05, 0) is 19.8 Å². The van der Waals surface area contributed by atoms with Crippen LogP contribution in [0.1, 0.15) is 25.6 Å². The first-order chi connectivity index (χ1) is 9.61. The summed E-state index contributed by atoms with van der Waals surface area (Å²) in [6, 6.07) is 0.399. The summed E-state index contributed by atoms with van der Waals surface area (Å²) in [5.74, 6) is 0.919. The fourth-order valence-corrected chi connectivity index (χ4v) is 2.45. The number of nitrogens with one attached hydrogen (secondary N) is 1. The molecular weight excluding hydrogens is 280 g/mol. The van der Waals surface area contributed by atoms with Crippen LogP contribution < -0.4 is 5.32 Å². The lowest BCUT2D eigenvalue weighted by molar-refractivity contribution is 0.0949. The number of carbonyl (C=O) groups excluding carboxylic acids is 1. The molecule has 1 amide bonds. The van der Waals surface area contributed by atoms with Crippen molar-refractivity contribution >= 4 is 17.7 Å². The number of carbonyl (C=O) groups is 1. The molecule has 7 heteroatoms. The number of amides is 1. The minimum absolute atomic E-state index is 0.207. The van der Waals surface area contributed by atoms with Gasteiger partial charge in [-0.15, -0.1) is 0 Å². The van der Waals surface area contributed by atoms with E-state index in [0.29, 0.717) is 24.3 Å². The highest BCUT2D eigenvalue weighted by Crippen LogP contribution is 2.13. The Kier molecular flexibility index (Phi) is 5.25. The Balaban J connectivity index is 1.75. The molecule has 2 rings (SSSR count). The molecule has 0 bridgehead atoms. The first kappa shape index (κ1) is 15.1. The number of nitrogens with zero attached hydrogens (tertiary/aromatic N) is 3. The number of halogens is 1. The molecule has 6 nitrogen and oxygen atoms in total. The lowest BCUT2D eigenvalue weighted by Gasteiger charge is -2.31. The van der Waals surface area contributed by atoms with Crippen molar-refractivity contribution in [3.8, 4) is 0 Å². The topological polar surface area (TPSA) is 59.4 Å². The highest BCUT2D eigenvalue weighted by atomic mass is 35.5. The monoisotopic (exact) mass is 300 g/mol. The zero-order valence-electron chi connectivity index (χ0n) is 11.9. The minimum atomic E-state index is -0.207. The number of likely N-dealkylation sites (tertiary alicyclic amines) is 1. The van der Waals surface area contributed by atoms with Gasteiger partial charge in [0.15, 0.2) is 0 Å². The van der Waals surface area contributed by atoms with Crippen LogP contribution in [0.25, 0.3) is 0 Å². The SMILES string of the molecule is CCOC(=O)N1CCC(NCc2ncc(Cl)n2C)CC1. The van der Waals surface area contributed by atoms with Crippen molar-refractivity contribution in [2.75, 3.05) is 19.7 Å². The second-order valence-corrected chi connectivity index (χ2v) is 5.28. The molecule has 1 aromatic heterocycles. The molecule has 0 unspecified atom stereocenters. The van der Waals surface area contributed by atoms with Gasteiger partial charge in [0.2, 0.25) is 0 Å². The van der Waals surface area contributed by atoms with Crippen LogP contribution in [0.3, 0.4) is 0 Å². The Labute approximate surface area is 124 Å². The van der Waals surface area contributed by atoms with Crippen LogP contribution in [-0.2, 0) is 18.3 Å². The summed E-state index contributed by atoms with van der Waals surface area (Å²) in [6.07, 6.45) is 3.30. The molecule has 0 saturated carbocycles. The molecule has 0 radical (unpaired) electrons. The minimum Gasteiger partial charge on any atom is -0.450 e. The molecule has 0 aromatic carbocycles. The first-order valence-corrected chi connectivity index (χ1v) is 7.30. The zero-order valence-corrected chi connectivity index (χ0v) is 12.7. The Morgan fingerprint density at radius 2 is 2.25 bits per heavy atom. The van der Waals surface area contributed by atoms with Crippen LogP contribution in [0.15, 0.2) is 6.20 Å². The van der Waals surface area contributed by atoms with Crippen molar-refractivity contribution in [2.24, 2.45) is 7.05 Å². The van der Waals surface area contributed by atoms with Gasteiger partial charge in [0, 0.05) is 26.2 Å². The molecule has 1 aliphatic rings. The first-order valence-electron chi connectivity index (χ1n) is 6.93. The van der Waals surface area contributed by atoms with Gasteiger partial charge in [0.1, 0.15) is 11.0 Å². The van der Waals surface area contributed by atoms with E-state index in [2.05, 4.69) is 10.3 Å². The van der Waals surface area contributed by atoms with Gasteiger partial charge in [-0.1, -0.05) is 11.6 Å². The Hall–Kier alpha value is -1.27. The van der Waals surface area contributed by atoms with Gasteiger partial charge in [-0.3, -0.25) is 0 Å². The third kappa shape index (κ3) is 3.64. The molecule has 2 heterocycles. The highest BCUT2D eigenvalue weighted by molar-refractivity contribution is 6.29.